The van der Waals surface area contributed by atoms with Crippen molar-refractivity contribution < 1.29 is 4.74 Å². The predicted molar refractivity (Wildman–Crippen MR) is 88.5 cm³/mol. The number of ether oxygens (including phenoxy) is 1. The number of benzene rings is 1. The molecule has 1 saturated heterocycles. The highest BCUT2D eigenvalue weighted by Gasteiger charge is 2.28. The third-order valence-corrected chi connectivity index (χ3v) is 4.63. The van der Waals surface area contributed by atoms with E-state index < -0.39 is 0 Å². The molecule has 1 aliphatic rings. The van der Waals surface area contributed by atoms with Gasteiger partial charge in [0.25, 0.3) is 0 Å². The van der Waals surface area contributed by atoms with Crippen LogP contribution in [-0.4, -0.2) is 32.3 Å². The highest BCUT2D eigenvalue weighted by atomic mass is 79.9. The predicted octanol–water partition coefficient (Wildman–Crippen LogP) is 3.73. The van der Waals surface area contributed by atoms with Crippen molar-refractivity contribution in [1.82, 2.24) is 5.32 Å². The SMILES string of the molecule is CCC1COC(C)CN1c1ccc(Br)cc1C(C)NC. The normalized spacial score (nSPS) is 24.8. The zero-order valence-corrected chi connectivity index (χ0v) is 14.4. The lowest BCUT2D eigenvalue weighted by atomic mass is 10.0. The molecule has 0 amide bonds. The minimum absolute atomic E-state index is 0.291. The highest BCUT2D eigenvalue weighted by Crippen LogP contribution is 2.32. The van der Waals surface area contributed by atoms with Crippen LogP contribution in [0.25, 0.3) is 0 Å². The van der Waals surface area contributed by atoms with Gasteiger partial charge >= 0.3 is 0 Å². The molecule has 3 nitrogen and oxygen atoms in total. The van der Waals surface area contributed by atoms with Crippen molar-refractivity contribution in [3.05, 3.63) is 28.2 Å². The molecular formula is C16H25BrN2O. The third-order valence-electron chi connectivity index (χ3n) is 4.14. The van der Waals surface area contributed by atoms with Crippen molar-refractivity contribution in [1.29, 1.82) is 0 Å². The van der Waals surface area contributed by atoms with Crippen LogP contribution in [-0.2, 0) is 4.74 Å². The fourth-order valence-electron chi connectivity index (χ4n) is 2.77. The lowest BCUT2D eigenvalue weighted by Gasteiger charge is -2.41. The van der Waals surface area contributed by atoms with Crippen molar-refractivity contribution in [3.8, 4) is 0 Å². The van der Waals surface area contributed by atoms with E-state index in [0.29, 0.717) is 18.2 Å². The lowest BCUT2D eigenvalue weighted by Crippen LogP contribution is -2.49. The maximum absolute atomic E-state index is 5.82. The number of hydrogen-bond acceptors (Lipinski definition) is 3. The molecule has 1 aliphatic heterocycles. The number of morpholine rings is 1. The van der Waals surface area contributed by atoms with Crippen molar-refractivity contribution >= 4 is 21.6 Å². The van der Waals surface area contributed by atoms with Gasteiger partial charge in [0.15, 0.2) is 0 Å². The molecule has 0 aliphatic carbocycles. The van der Waals surface area contributed by atoms with Crippen LogP contribution in [0.1, 0.15) is 38.8 Å². The summed E-state index contributed by atoms with van der Waals surface area (Å²) in [4.78, 5) is 2.52. The molecule has 4 heteroatoms. The van der Waals surface area contributed by atoms with E-state index in [9.17, 15) is 0 Å². The van der Waals surface area contributed by atoms with E-state index in [2.05, 4.69) is 65.1 Å². The van der Waals surface area contributed by atoms with Crippen LogP contribution in [0, 0.1) is 0 Å². The first kappa shape index (κ1) is 15.8. The Bertz CT molecular complexity index is 452. The van der Waals surface area contributed by atoms with E-state index in [1.807, 2.05) is 7.05 Å². The van der Waals surface area contributed by atoms with Gasteiger partial charge in [0.05, 0.1) is 18.8 Å². The second-order valence-corrected chi connectivity index (χ2v) is 6.49. The van der Waals surface area contributed by atoms with E-state index in [1.165, 1.54) is 11.3 Å². The molecule has 1 fully saturated rings. The van der Waals surface area contributed by atoms with Gasteiger partial charge in [0, 0.05) is 22.7 Å². The minimum atomic E-state index is 0.291. The summed E-state index contributed by atoms with van der Waals surface area (Å²) >= 11 is 3.59. The number of hydrogen-bond donors (Lipinski definition) is 1. The van der Waals surface area contributed by atoms with Crippen LogP contribution in [0.2, 0.25) is 0 Å². The Morgan fingerprint density at radius 3 is 2.90 bits per heavy atom. The molecule has 0 aromatic heterocycles. The summed E-state index contributed by atoms with van der Waals surface area (Å²) in [6.45, 7) is 8.37. The quantitative estimate of drug-likeness (QED) is 0.903. The van der Waals surface area contributed by atoms with Crippen LogP contribution < -0.4 is 10.2 Å². The number of anilines is 1. The summed E-state index contributed by atoms with van der Waals surface area (Å²) in [5.74, 6) is 0. The van der Waals surface area contributed by atoms with E-state index in [4.69, 9.17) is 4.74 Å². The largest absolute Gasteiger partial charge is 0.375 e. The summed E-state index contributed by atoms with van der Waals surface area (Å²) in [6.07, 6.45) is 1.40. The van der Waals surface area contributed by atoms with Gasteiger partial charge in [-0.1, -0.05) is 22.9 Å². The van der Waals surface area contributed by atoms with Crippen molar-refractivity contribution in [2.75, 3.05) is 25.1 Å². The van der Waals surface area contributed by atoms with Crippen LogP contribution in [0.5, 0.6) is 0 Å². The number of nitrogens with zero attached hydrogens (tertiary/aromatic N) is 1. The maximum Gasteiger partial charge on any atom is 0.0723 e. The van der Waals surface area contributed by atoms with Crippen molar-refractivity contribution in [2.24, 2.45) is 0 Å². The highest BCUT2D eigenvalue weighted by molar-refractivity contribution is 9.10. The molecule has 0 bridgehead atoms. The van der Waals surface area contributed by atoms with Gasteiger partial charge in [-0.3, -0.25) is 0 Å². The molecule has 1 aromatic carbocycles. The Labute approximate surface area is 130 Å². The Hall–Kier alpha value is -0.580. The average molecular weight is 341 g/mol. The van der Waals surface area contributed by atoms with Gasteiger partial charge in [-0.2, -0.15) is 0 Å². The summed E-state index contributed by atoms with van der Waals surface area (Å²) in [7, 11) is 2.01. The lowest BCUT2D eigenvalue weighted by molar-refractivity contribution is 0.0298. The fourth-order valence-corrected chi connectivity index (χ4v) is 3.15. The molecule has 1 heterocycles. The number of halogens is 1. The molecule has 0 radical (unpaired) electrons. The molecule has 112 valence electrons. The summed E-state index contributed by atoms with van der Waals surface area (Å²) in [5, 5.41) is 3.35. The first-order chi connectivity index (χ1) is 9.56. The third kappa shape index (κ3) is 3.35. The Balaban J connectivity index is 2.38. The molecule has 20 heavy (non-hydrogen) atoms. The zero-order valence-electron chi connectivity index (χ0n) is 12.8. The van der Waals surface area contributed by atoms with Gasteiger partial charge in [-0.25, -0.2) is 0 Å². The standard InChI is InChI=1S/C16H25BrN2O/c1-5-14-10-20-11(2)9-19(14)16-7-6-13(17)8-15(16)12(3)18-4/h6-8,11-12,14,18H,5,9-10H2,1-4H3. The monoisotopic (exact) mass is 340 g/mol. The molecule has 0 spiro atoms. The first-order valence-electron chi connectivity index (χ1n) is 7.41. The van der Waals surface area contributed by atoms with E-state index >= 15 is 0 Å². The molecule has 1 N–H and O–H groups in total. The van der Waals surface area contributed by atoms with E-state index in [-0.39, 0.29) is 0 Å². The zero-order chi connectivity index (χ0) is 14.7. The van der Waals surface area contributed by atoms with Crippen LogP contribution in [0.4, 0.5) is 5.69 Å². The second kappa shape index (κ2) is 6.92. The van der Waals surface area contributed by atoms with Gasteiger partial charge in [0.2, 0.25) is 0 Å². The van der Waals surface area contributed by atoms with Crippen molar-refractivity contribution in [3.63, 3.8) is 0 Å². The minimum Gasteiger partial charge on any atom is -0.375 e. The van der Waals surface area contributed by atoms with Gasteiger partial charge in [-0.15, -0.1) is 0 Å². The maximum atomic E-state index is 5.82. The van der Waals surface area contributed by atoms with Gasteiger partial charge in [0.1, 0.15) is 0 Å². The average Bonchev–Trinajstić information content (AvgIpc) is 2.46. The van der Waals surface area contributed by atoms with Crippen LogP contribution in [0.3, 0.4) is 0 Å². The molecule has 2 rings (SSSR count). The van der Waals surface area contributed by atoms with Gasteiger partial charge < -0.3 is 15.0 Å². The topological polar surface area (TPSA) is 24.5 Å². The smallest absolute Gasteiger partial charge is 0.0723 e. The van der Waals surface area contributed by atoms with Crippen LogP contribution in [0.15, 0.2) is 22.7 Å². The summed E-state index contributed by atoms with van der Waals surface area (Å²) in [6, 6.07) is 7.39. The summed E-state index contributed by atoms with van der Waals surface area (Å²) < 4.78 is 6.95. The number of rotatable bonds is 4. The molecule has 0 saturated carbocycles. The number of nitrogens with one attached hydrogen (secondary N) is 1. The molecule has 3 atom stereocenters. The van der Waals surface area contributed by atoms with E-state index in [0.717, 1.165) is 24.0 Å². The summed E-state index contributed by atoms with van der Waals surface area (Å²) in [5.41, 5.74) is 2.67. The Morgan fingerprint density at radius 1 is 1.50 bits per heavy atom. The van der Waals surface area contributed by atoms with Gasteiger partial charge in [-0.05, 0) is 51.1 Å². The Morgan fingerprint density at radius 2 is 2.25 bits per heavy atom. The van der Waals surface area contributed by atoms with Crippen molar-refractivity contribution in [2.45, 2.75) is 45.4 Å². The fraction of sp³-hybridized carbons (Fsp3) is 0.625. The molecule has 3 unspecified atom stereocenters. The second-order valence-electron chi connectivity index (χ2n) is 5.57. The van der Waals surface area contributed by atoms with E-state index in [1.54, 1.807) is 0 Å². The first-order valence-corrected chi connectivity index (χ1v) is 8.21. The Kier molecular flexibility index (Phi) is 5.47. The molecule has 1 aromatic rings. The molecular weight excluding hydrogens is 316 g/mol. The van der Waals surface area contributed by atoms with Crippen LogP contribution >= 0.6 is 15.9 Å².